The van der Waals surface area contributed by atoms with Crippen molar-refractivity contribution >= 4 is 14.3 Å². The van der Waals surface area contributed by atoms with Crippen molar-refractivity contribution in [1.29, 1.82) is 0 Å². The van der Waals surface area contributed by atoms with E-state index in [9.17, 15) is 9.90 Å². The Kier molecular flexibility index (Phi) is 11.8. The number of aliphatic hydroxyl groups excluding tert-OH is 1. The van der Waals surface area contributed by atoms with Gasteiger partial charge in [-0.05, 0) is 44.9 Å². The van der Waals surface area contributed by atoms with Crippen molar-refractivity contribution in [2.75, 3.05) is 13.2 Å². The Morgan fingerprint density at radius 2 is 1.71 bits per heavy atom. The number of unbranched alkanes of at least 4 members (excludes halogenated alkanes) is 2. The third-order valence-corrected chi connectivity index (χ3v) is 6.17. The van der Waals surface area contributed by atoms with Gasteiger partial charge in [-0.15, -0.1) is 0 Å². The lowest BCUT2D eigenvalue weighted by molar-refractivity contribution is -0.122. The number of allylic oxidation sites excluding steroid dienone is 1. The third-order valence-electron chi connectivity index (χ3n) is 3.34. The molecule has 0 radical (unpaired) electrons. The van der Waals surface area contributed by atoms with E-state index in [1.165, 1.54) is 6.08 Å². The van der Waals surface area contributed by atoms with E-state index in [1.54, 1.807) is 13.0 Å². The quantitative estimate of drug-likeness (QED) is 0.320. The van der Waals surface area contributed by atoms with Gasteiger partial charge in [-0.3, -0.25) is 4.79 Å². The zero-order chi connectivity index (χ0) is 16.1. The van der Waals surface area contributed by atoms with Crippen molar-refractivity contribution in [1.82, 2.24) is 0 Å². The number of aliphatic hydroxyl groups is 1. The number of ketones is 1. The molecule has 0 amide bonds. The van der Waals surface area contributed by atoms with Gasteiger partial charge in [0.05, 0.1) is 0 Å². The first-order valence-electron chi connectivity index (χ1n) is 8.11. The van der Waals surface area contributed by atoms with Crippen LogP contribution in [0.5, 0.6) is 0 Å². The molecule has 1 atom stereocenters. The molecule has 0 saturated carbocycles. The van der Waals surface area contributed by atoms with Crippen LogP contribution >= 0.6 is 0 Å². The molecule has 0 saturated heterocycles. The van der Waals surface area contributed by atoms with E-state index in [0.717, 1.165) is 25.7 Å². The molecule has 0 aromatic heterocycles. The van der Waals surface area contributed by atoms with Gasteiger partial charge in [-0.1, -0.05) is 32.8 Å². The Morgan fingerprint density at radius 3 is 2.14 bits per heavy atom. The summed E-state index contributed by atoms with van der Waals surface area (Å²) in [5.41, 5.74) is 0. The van der Waals surface area contributed by atoms with Crippen LogP contribution in [0.3, 0.4) is 0 Å². The predicted octanol–water partition coefficient (Wildman–Crippen LogP) is 3.59. The van der Waals surface area contributed by atoms with Crippen molar-refractivity contribution < 1.29 is 18.8 Å². The maximum absolute atomic E-state index is 11.6. The number of rotatable bonds is 13. The number of carbonyl (C=O) groups is 1. The molecular formula is C16H32O4Si. The summed E-state index contributed by atoms with van der Waals surface area (Å²) in [6.07, 6.45) is 6.72. The molecule has 1 N–H and O–H groups in total. The molecule has 0 aliphatic rings. The van der Waals surface area contributed by atoms with Gasteiger partial charge in [-0.2, -0.15) is 0 Å². The van der Waals surface area contributed by atoms with Gasteiger partial charge in [-0.25, -0.2) is 0 Å². The molecule has 21 heavy (non-hydrogen) atoms. The van der Waals surface area contributed by atoms with Gasteiger partial charge in [0.2, 0.25) is 0 Å². The molecule has 0 fully saturated rings. The minimum Gasteiger partial charge on any atom is -0.394 e. The lowest BCUT2D eigenvalue weighted by atomic mass is 10.2. The zero-order valence-corrected chi connectivity index (χ0v) is 15.1. The van der Waals surface area contributed by atoms with Crippen LogP contribution in [0.4, 0.5) is 0 Å². The molecule has 1 unspecified atom stereocenters. The van der Waals surface area contributed by atoms with Crippen LogP contribution in [-0.2, 0) is 13.6 Å². The summed E-state index contributed by atoms with van der Waals surface area (Å²) in [5.74, 6) is -0.240. The Hall–Kier alpha value is -0.493. The molecule has 0 aromatic rings. The van der Waals surface area contributed by atoms with Crippen LogP contribution in [0.1, 0.15) is 52.9 Å². The second kappa shape index (κ2) is 12.1. The summed E-state index contributed by atoms with van der Waals surface area (Å²) in [4.78, 5) is 11.6. The van der Waals surface area contributed by atoms with E-state index in [1.807, 2.05) is 6.55 Å². The van der Waals surface area contributed by atoms with Gasteiger partial charge < -0.3 is 14.0 Å². The van der Waals surface area contributed by atoms with Crippen molar-refractivity contribution in [2.24, 2.45) is 0 Å². The molecule has 5 heteroatoms. The fraction of sp³-hybridized carbons (Fsp3) is 0.812. The largest absolute Gasteiger partial charge is 0.394 e. The van der Waals surface area contributed by atoms with E-state index >= 15 is 0 Å². The van der Waals surface area contributed by atoms with E-state index in [2.05, 4.69) is 13.8 Å². The highest BCUT2D eigenvalue weighted by atomic mass is 28.4. The fourth-order valence-corrected chi connectivity index (χ4v) is 4.19. The van der Waals surface area contributed by atoms with E-state index in [0.29, 0.717) is 25.7 Å². The molecule has 0 aliphatic heterocycles. The van der Waals surface area contributed by atoms with Gasteiger partial charge >= 0.3 is 8.56 Å². The zero-order valence-electron chi connectivity index (χ0n) is 14.1. The molecule has 0 rings (SSSR count). The Morgan fingerprint density at radius 1 is 1.19 bits per heavy atom. The molecular weight excluding hydrogens is 284 g/mol. The molecule has 0 heterocycles. The first-order valence-corrected chi connectivity index (χ1v) is 10.6. The molecule has 124 valence electrons. The Balaban J connectivity index is 4.39. The van der Waals surface area contributed by atoms with Crippen LogP contribution < -0.4 is 0 Å². The topological polar surface area (TPSA) is 55.8 Å². The van der Waals surface area contributed by atoms with Crippen LogP contribution in [0, 0.1) is 0 Å². The minimum absolute atomic E-state index is 0.240. The summed E-state index contributed by atoms with van der Waals surface area (Å²) in [7, 11) is -2.29. The summed E-state index contributed by atoms with van der Waals surface area (Å²) in [6.45, 7) is 9.45. The molecule has 0 bridgehead atoms. The second-order valence-corrected chi connectivity index (χ2v) is 8.84. The van der Waals surface area contributed by atoms with Crippen molar-refractivity contribution in [3.05, 3.63) is 12.2 Å². The first-order chi connectivity index (χ1) is 9.99. The number of hydrogen-bond donors (Lipinski definition) is 1. The maximum atomic E-state index is 11.6. The molecule has 0 aliphatic carbocycles. The van der Waals surface area contributed by atoms with Crippen molar-refractivity contribution in [3.8, 4) is 0 Å². The van der Waals surface area contributed by atoms with Crippen molar-refractivity contribution in [3.63, 3.8) is 0 Å². The summed E-state index contributed by atoms with van der Waals surface area (Å²) < 4.78 is 12.0. The highest BCUT2D eigenvalue weighted by molar-refractivity contribution is 6.66. The summed E-state index contributed by atoms with van der Waals surface area (Å²) >= 11 is 0. The third kappa shape index (κ3) is 9.95. The van der Waals surface area contributed by atoms with Crippen LogP contribution in [0.15, 0.2) is 12.2 Å². The second-order valence-electron chi connectivity index (χ2n) is 5.49. The van der Waals surface area contributed by atoms with Gasteiger partial charge in [0.15, 0.2) is 5.78 Å². The highest BCUT2D eigenvalue weighted by Crippen LogP contribution is 2.19. The molecule has 4 nitrogen and oxygen atoms in total. The van der Waals surface area contributed by atoms with Gasteiger partial charge in [0, 0.05) is 13.2 Å². The molecule has 0 spiro atoms. The minimum atomic E-state index is -2.29. The van der Waals surface area contributed by atoms with E-state index in [4.69, 9.17) is 8.85 Å². The average molecular weight is 317 g/mol. The Labute approximate surface area is 130 Å². The summed E-state index contributed by atoms with van der Waals surface area (Å²) in [6, 6.07) is 0.644. The normalized spacial score (nSPS) is 13.8. The predicted molar refractivity (Wildman–Crippen MR) is 88.6 cm³/mol. The number of carbonyl (C=O) groups excluding carboxylic acids is 1. The van der Waals surface area contributed by atoms with Crippen LogP contribution in [0.2, 0.25) is 12.6 Å². The Bertz CT molecular complexity index is 295. The average Bonchev–Trinajstić information content (AvgIpc) is 2.46. The summed E-state index contributed by atoms with van der Waals surface area (Å²) in [5, 5.41) is 9.87. The maximum Gasteiger partial charge on any atom is 0.335 e. The molecule has 0 aromatic carbocycles. The first kappa shape index (κ1) is 20.5. The lowest BCUT2D eigenvalue weighted by Crippen LogP contribution is -2.40. The van der Waals surface area contributed by atoms with Gasteiger partial charge in [0.1, 0.15) is 6.10 Å². The van der Waals surface area contributed by atoms with Crippen LogP contribution in [0.25, 0.3) is 0 Å². The number of hydrogen-bond acceptors (Lipinski definition) is 4. The monoisotopic (exact) mass is 316 g/mol. The highest BCUT2D eigenvalue weighted by Gasteiger charge is 2.32. The van der Waals surface area contributed by atoms with Gasteiger partial charge in [0.25, 0.3) is 0 Å². The SMILES string of the molecule is CC=CC(=O)C(O)CC[Si](C)(OCCCC)OCCCC. The van der Waals surface area contributed by atoms with Crippen LogP contribution in [-0.4, -0.2) is 38.8 Å². The van der Waals surface area contributed by atoms with Crippen molar-refractivity contribution in [2.45, 2.75) is 71.6 Å². The smallest absolute Gasteiger partial charge is 0.335 e. The van der Waals surface area contributed by atoms with E-state index < -0.39 is 14.7 Å². The fourth-order valence-electron chi connectivity index (χ4n) is 1.87. The standard InChI is InChI=1S/C16H32O4Si/c1-5-8-12-19-21(4,20-13-9-6-2)14-11-16(18)15(17)10-7-3/h7,10,16,18H,5-6,8-9,11-14H2,1-4H3. The van der Waals surface area contributed by atoms with E-state index in [-0.39, 0.29) is 5.78 Å². The lowest BCUT2D eigenvalue weighted by Gasteiger charge is -2.27.